The van der Waals surface area contributed by atoms with Crippen molar-refractivity contribution < 1.29 is 19.2 Å². The summed E-state index contributed by atoms with van der Waals surface area (Å²) in [6.45, 7) is 11.0. The summed E-state index contributed by atoms with van der Waals surface area (Å²) in [5.41, 5.74) is 5.03. The Morgan fingerprint density at radius 1 is 1.32 bits per heavy atom. The molecule has 1 aliphatic carbocycles. The number of rotatable bonds is 7. The Morgan fingerprint density at radius 2 is 2.03 bits per heavy atom. The first kappa shape index (κ1) is 24.2. The summed E-state index contributed by atoms with van der Waals surface area (Å²) in [5, 5.41) is 13.4. The molecule has 4 rings (SSSR count). The van der Waals surface area contributed by atoms with Crippen molar-refractivity contribution in [1.82, 2.24) is 30.5 Å². The lowest BCUT2D eigenvalue weighted by Crippen LogP contribution is -2.56. The maximum absolute atomic E-state index is 13.8. The van der Waals surface area contributed by atoms with E-state index in [4.69, 9.17) is 5.73 Å². The largest absolute Gasteiger partial charge is 0.368 e. The zero-order chi connectivity index (χ0) is 25.0. The van der Waals surface area contributed by atoms with Gasteiger partial charge in [-0.25, -0.2) is 4.68 Å². The van der Waals surface area contributed by atoms with Crippen molar-refractivity contribution in [2.45, 2.75) is 65.6 Å². The van der Waals surface area contributed by atoms with E-state index in [9.17, 15) is 19.2 Å². The molecule has 11 heteroatoms. The Balaban J connectivity index is 1.57. The average molecular weight is 474 g/mol. The van der Waals surface area contributed by atoms with Crippen LogP contribution in [-0.4, -0.2) is 68.7 Å². The molecule has 0 bridgehead atoms. The Labute approximate surface area is 199 Å². The molecule has 0 radical (unpaired) electrons. The highest BCUT2D eigenvalue weighted by molar-refractivity contribution is 5.94. The third-order valence-corrected chi connectivity index (χ3v) is 7.86. The molecule has 2 aliphatic heterocycles. The van der Waals surface area contributed by atoms with E-state index < -0.39 is 35.4 Å². The van der Waals surface area contributed by atoms with Gasteiger partial charge in [-0.05, 0) is 35.5 Å². The molecule has 0 unspecified atom stereocenters. The lowest BCUT2D eigenvalue weighted by Gasteiger charge is -2.37. The standard InChI is InChI=1S/C23H35N7O4/c1-22(2,3)17(30-9-8-26-28-30)21(34)29-11-13-15(23(13,4)5)16(29)20(33)27-14(18(24)31)10-12-6-7-25-19(12)32/h8-9,12-17H,6-7,10-11H2,1-5H3,(H2,24,31)(H,25,32)(H,27,33)/t12-,13-,14-,15-,16-,17+/m0/s1. The number of amides is 4. The Morgan fingerprint density at radius 3 is 2.56 bits per heavy atom. The third kappa shape index (κ3) is 4.16. The molecule has 4 amide bonds. The number of fused-ring (bicyclic) bond motifs is 1. The predicted octanol–water partition coefficient (Wildman–Crippen LogP) is -0.155. The topological polar surface area (TPSA) is 152 Å². The van der Waals surface area contributed by atoms with Gasteiger partial charge in [0.1, 0.15) is 18.1 Å². The maximum atomic E-state index is 13.8. The van der Waals surface area contributed by atoms with Crippen molar-refractivity contribution in [3.8, 4) is 0 Å². The van der Waals surface area contributed by atoms with Crippen LogP contribution in [0.25, 0.3) is 0 Å². The molecule has 3 aliphatic rings. The summed E-state index contributed by atoms with van der Waals surface area (Å²) >= 11 is 0. The van der Waals surface area contributed by atoms with Crippen molar-refractivity contribution >= 4 is 23.6 Å². The number of hydrogen-bond acceptors (Lipinski definition) is 6. The number of nitrogens with zero attached hydrogens (tertiary/aromatic N) is 4. The molecule has 0 aromatic carbocycles. The molecular formula is C23H35N7O4. The summed E-state index contributed by atoms with van der Waals surface area (Å²) in [7, 11) is 0. The number of aromatic nitrogens is 3. The lowest BCUT2D eigenvalue weighted by molar-refractivity contribution is -0.146. The molecule has 1 aromatic rings. The molecule has 34 heavy (non-hydrogen) atoms. The van der Waals surface area contributed by atoms with Crippen molar-refractivity contribution in [2.75, 3.05) is 13.1 Å². The first-order valence-corrected chi connectivity index (χ1v) is 11.9. The van der Waals surface area contributed by atoms with E-state index in [0.29, 0.717) is 19.5 Å². The van der Waals surface area contributed by atoms with Crippen LogP contribution in [0.2, 0.25) is 0 Å². The highest BCUT2D eigenvalue weighted by Gasteiger charge is 2.70. The second-order valence-electron chi connectivity index (χ2n) is 11.5. The van der Waals surface area contributed by atoms with E-state index in [1.807, 2.05) is 20.8 Å². The minimum Gasteiger partial charge on any atom is -0.368 e. The van der Waals surface area contributed by atoms with Crippen LogP contribution >= 0.6 is 0 Å². The SMILES string of the molecule is CC(C)(C)[C@@H](C(=O)N1C[C@H]2[C@@H]([C@H]1C(=O)N[C@@H](C[C@@H]1CCNC1=O)C(N)=O)C2(C)C)n1ccnn1. The summed E-state index contributed by atoms with van der Waals surface area (Å²) in [4.78, 5) is 53.2. The van der Waals surface area contributed by atoms with Gasteiger partial charge in [-0.1, -0.05) is 39.8 Å². The van der Waals surface area contributed by atoms with Crippen LogP contribution in [0, 0.1) is 28.6 Å². The number of carbonyl (C=O) groups is 4. The third-order valence-electron chi connectivity index (χ3n) is 7.86. The van der Waals surface area contributed by atoms with Crippen LogP contribution in [0.5, 0.6) is 0 Å². The number of likely N-dealkylation sites (tertiary alicyclic amines) is 1. The molecule has 4 N–H and O–H groups in total. The number of nitrogens with one attached hydrogen (secondary N) is 2. The summed E-state index contributed by atoms with van der Waals surface area (Å²) < 4.78 is 1.54. The van der Waals surface area contributed by atoms with Crippen molar-refractivity contribution in [1.29, 1.82) is 0 Å². The van der Waals surface area contributed by atoms with Gasteiger partial charge in [-0.15, -0.1) is 5.10 Å². The van der Waals surface area contributed by atoms with E-state index in [-0.39, 0.29) is 41.4 Å². The van der Waals surface area contributed by atoms with Crippen LogP contribution in [0.1, 0.15) is 53.5 Å². The molecule has 3 heterocycles. The summed E-state index contributed by atoms with van der Waals surface area (Å²) in [5.74, 6) is -1.63. The molecule has 1 saturated carbocycles. The van der Waals surface area contributed by atoms with E-state index in [1.165, 1.54) is 10.9 Å². The summed E-state index contributed by atoms with van der Waals surface area (Å²) in [6.07, 6.45) is 3.92. The van der Waals surface area contributed by atoms with Gasteiger partial charge < -0.3 is 21.3 Å². The van der Waals surface area contributed by atoms with Crippen LogP contribution in [0.15, 0.2) is 12.4 Å². The van der Waals surface area contributed by atoms with Crippen LogP contribution in [-0.2, 0) is 19.2 Å². The van der Waals surface area contributed by atoms with Gasteiger partial charge in [0.25, 0.3) is 0 Å². The van der Waals surface area contributed by atoms with Crippen molar-refractivity contribution in [3.63, 3.8) is 0 Å². The van der Waals surface area contributed by atoms with E-state index in [1.54, 1.807) is 11.1 Å². The highest BCUT2D eigenvalue weighted by atomic mass is 16.2. The van der Waals surface area contributed by atoms with Gasteiger partial charge >= 0.3 is 0 Å². The number of primary amides is 1. The van der Waals surface area contributed by atoms with Gasteiger partial charge in [-0.3, -0.25) is 19.2 Å². The quantitative estimate of drug-likeness (QED) is 0.500. The number of piperidine rings is 1. The number of nitrogens with two attached hydrogens (primary N) is 1. The van der Waals surface area contributed by atoms with Gasteiger partial charge in [0.15, 0.2) is 0 Å². The monoisotopic (exact) mass is 473 g/mol. The highest BCUT2D eigenvalue weighted by Crippen LogP contribution is 2.65. The second-order valence-corrected chi connectivity index (χ2v) is 11.5. The van der Waals surface area contributed by atoms with Crippen molar-refractivity contribution in [3.05, 3.63) is 12.4 Å². The molecule has 0 spiro atoms. The van der Waals surface area contributed by atoms with Crippen LogP contribution in [0.3, 0.4) is 0 Å². The predicted molar refractivity (Wildman–Crippen MR) is 122 cm³/mol. The van der Waals surface area contributed by atoms with Gasteiger partial charge in [-0.2, -0.15) is 0 Å². The minimum atomic E-state index is -0.979. The first-order valence-electron chi connectivity index (χ1n) is 11.9. The van der Waals surface area contributed by atoms with Gasteiger partial charge in [0.2, 0.25) is 23.6 Å². The molecule has 186 valence electrons. The molecule has 3 fully saturated rings. The molecule has 1 aromatic heterocycles. The second kappa shape index (κ2) is 8.35. The smallest absolute Gasteiger partial charge is 0.248 e. The van der Waals surface area contributed by atoms with E-state index in [0.717, 1.165) is 0 Å². The van der Waals surface area contributed by atoms with Crippen LogP contribution < -0.4 is 16.4 Å². The molecule has 6 atom stereocenters. The molecule has 11 nitrogen and oxygen atoms in total. The van der Waals surface area contributed by atoms with E-state index >= 15 is 0 Å². The van der Waals surface area contributed by atoms with Crippen LogP contribution in [0.4, 0.5) is 0 Å². The fraction of sp³-hybridized carbons (Fsp3) is 0.739. The fourth-order valence-corrected chi connectivity index (χ4v) is 5.86. The maximum Gasteiger partial charge on any atom is 0.248 e. The lowest BCUT2D eigenvalue weighted by atomic mass is 9.85. The minimum absolute atomic E-state index is 0.0175. The van der Waals surface area contributed by atoms with Gasteiger partial charge in [0.05, 0.1) is 6.20 Å². The Hall–Kier alpha value is -2.98. The number of hydrogen-bond donors (Lipinski definition) is 3. The fourth-order valence-electron chi connectivity index (χ4n) is 5.86. The first-order chi connectivity index (χ1) is 15.8. The average Bonchev–Trinajstić information content (AvgIpc) is 3.28. The zero-order valence-electron chi connectivity index (χ0n) is 20.4. The Kier molecular flexibility index (Phi) is 5.93. The number of carbonyl (C=O) groups excluding carboxylic acids is 4. The normalized spacial score (nSPS) is 29.2. The van der Waals surface area contributed by atoms with E-state index in [2.05, 4.69) is 34.8 Å². The Bertz CT molecular complexity index is 984. The molecule has 2 saturated heterocycles. The molecular weight excluding hydrogens is 438 g/mol. The van der Waals surface area contributed by atoms with Gasteiger partial charge in [0, 0.05) is 25.2 Å². The summed E-state index contributed by atoms with van der Waals surface area (Å²) in [6, 6.07) is -2.34. The van der Waals surface area contributed by atoms with Crippen molar-refractivity contribution in [2.24, 2.45) is 34.3 Å². The zero-order valence-corrected chi connectivity index (χ0v) is 20.4.